The third-order valence-electron chi connectivity index (χ3n) is 6.16. The maximum absolute atomic E-state index is 13.1. The van der Waals surface area contributed by atoms with Crippen molar-refractivity contribution in [1.29, 1.82) is 0 Å². The first kappa shape index (κ1) is 28.3. The molecule has 1 aliphatic heterocycles. The van der Waals surface area contributed by atoms with Crippen LogP contribution in [0.15, 0.2) is 54.7 Å². The number of carbonyl (C=O) groups is 2. The monoisotopic (exact) mass is 651 g/mol. The summed E-state index contributed by atoms with van der Waals surface area (Å²) < 4.78 is 7.89. The van der Waals surface area contributed by atoms with Gasteiger partial charge in [-0.25, -0.2) is 0 Å². The standard InChI is InChI=1S/C27H33ClIN6O3/c1-2-29-27-31-18-22(33-27)17-24(30)25(36)32-21-5-3-4-19(16-21)26(37)35-12-10-34(11-13-35)14-15-38-23-8-6-20(28)7-9-23/h3-9,16,18,24H,2,10-15,17,30H2,1H3,(H,31,33)(H,32,36)/q-1/t24-/m0/s1. The number of nitrogens with one attached hydrogen (secondary N) is 2. The number of benzene rings is 2. The van der Waals surface area contributed by atoms with Gasteiger partial charge in [0.05, 0.1) is 0 Å². The summed E-state index contributed by atoms with van der Waals surface area (Å²) in [5.41, 5.74) is 8.09. The molecule has 2 heterocycles. The van der Waals surface area contributed by atoms with Crippen molar-refractivity contribution in [2.24, 2.45) is 5.73 Å². The zero-order chi connectivity index (χ0) is 26.9. The van der Waals surface area contributed by atoms with Crippen LogP contribution in [0.4, 0.5) is 5.69 Å². The summed E-state index contributed by atoms with van der Waals surface area (Å²) in [5, 5.41) is 3.53. The number of hydrogen-bond acceptors (Lipinski definition) is 6. The molecule has 0 spiro atoms. The molecule has 4 N–H and O–H groups in total. The number of imidazole rings is 1. The fraction of sp³-hybridized carbons (Fsp3) is 0.370. The van der Waals surface area contributed by atoms with Gasteiger partial charge >= 0.3 is 144 Å². The van der Waals surface area contributed by atoms with Crippen LogP contribution in [0, 0.1) is 3.83 Å². The molecule has 4 rings (SSSR count). The van der Waals surface area contributed by atoms with Gasteiger partial charge in [-0.1, -0.05) is 11.6 Å². The van der Waals surface area contributed by atoms with E-state index in [-0.39, 0.29) is 33.0 Å². The molecule has 0 aliphatic carbocycles. The predicted molar refractivity (Wildman–Crippen MR) is 144 cm³/mol. The number of alkyl halides is 1. The number of carbonyl (C=O) groups excluding carboxylic acids is 2. The molecule has 1 aliphatic rings. The van der Waals surface area contributed by atoms with Crippen molar-refractivity contribution in [2.75, 3.05) is 49.1 Å². The first-order chi connectivity index (χ1) is 18.4. The van der Waals surface area contributed by atoms with Crippen molar-refractivity contribution in [3.8, 4) is 5.75 Å². The summed E-state index contributed by atoms with van der Waals surface area (Å²) in [7, 11) is 0. The van der Waals surface area contributed by atoms with Crippen LogP contribution in [0.1, 0.15) is 23.0 Å². The van der Waals surface area contributed by atoms with Crippen molar-refractivity contribution < 1.29 is 35.5 Å². The van der Waals surface area contributed by atoms with Crippen molar-refractivity contribution in [3.63, 3.8) is 0 Å². The quantitative estimate of drug-likeness (QED) is 0.194. The second-order valence-electron chi connectivity index (χ2n) is 8.92. The van der Waals surface area contributed by atoms with Crippen LogP contribution < -0.4 is 37.0 Å². The summed E-state index contributed by atoms with van der Waals surface area (Å²) in [4.78, 5) is 37.6. The number of rotatable bonds is 11. The van der Waals surface area contributed by atoms with Crippen LogP contribution in [0.5, 0.6) is 5.75 Å². The molecule has 9 nitrogen and oxygen atoms in total. The Morgan fingerprint density at radius 1 is 1.18 bits per heavy atom. The van der Waals surface area contributed by atoms with Gasteiger partial charge in [-0.15, -0.1) is 0 Å². The Morgan fingerprint density at radius 3 is 2.68 bits per heavy atom. The maximum atomic E-state index is 13.1. The molecule has 204 valence electrons. The summed E-state index contributed by atoms with van der Waals surface area (Å²) in [6.45, 7) is 6.30. The van der Waals surface area contributed by atoms with Gasteiger partial charge < -0.3 is 4.74 Å². The zero-order valence-electron chi connectivity index (χ0n) is 21.3. The summed E-state index contributed by atoms with van der Waals surface area (Å²) in [6.07, 6.45) is 2.13. The van der Waals surface area contributed by atoms with E-state index in [4.69, 9.17) is 22.1 Å². The molecule has 1 saturated heterocycles. The molecule has 1 aromatic heterocycles. The van der Waals surface area contributed by atoms with E-state index in [0.29, 0.717) is 42.4 Å². The minimum absolute atomic E-state index is 0.0494. The van der Waals surface area contributed by atoms with Crippen molar-refractivity contribution in [2.45, 2.75) is 19.4 Å². The predicted octanol–water partition coefficient (Wildman–Crippen LogP) is -0.313. The molecular weight excluding hydrogens is 619 g/mol. The summed E-state index contributed by atoms with van der Waals surface area (Å²) >= 11 is 5.79. The van der Waals surface area contributed by atoms with Gasteiger partial charge in [0.25, 0.3) is 0 Å². The van der Waals surface area contributed by atoms with Gasteiger partial charge in [0.2, 0.25) is 0 Å². The van der Waals surface area contributed by atoms with Crippen LogP contribution in [0.2, 0.25) is 5.02 Å². The molecule has 3 aromatic rings. The Bertz CT molecular complexity index is 1210. The Labute approximate surface area is 238 Å². The second-order valence-corrected chi connectivity index (χ2v) is 12.7. The van der Waals surface area contributed by atoms with E-state index >= 15 is 0 Å². The number of nitrogens with zero attached hydrogens (tertiary/aromatic N) is 3. The van der Waals surface area contributed by atoms with E-state index in [9.17, 15) is 9.59 Å². The first-order valence-corrected chi connectivity index (χ1v) is 15.6. The zero-order valence-corrected chi connectivity index (χ0v) is 24.2. The van der Waals surface area contributed by atoms with Crippen LogP contribution in [-0.4, -0.2) is 81.4 Å². The molecule has 11 heteroatoms. The van der Waals surface area contributed by atoms with E-state index in [1.54, 1.807) is 42.6 Å². The average Bonchev–Trinajstić information content (AvgIpc) is 3.37. The molecule has 2 aromatic carbocycles. The second kappa shape index (κ2) is 13.9. The summed E-state index contributed by atoms with van der Waals surface area (Å²) in [6, 6.07) is 13.6. The van der Waals surface area contributed by atoms with E-state index in [2.05, 4.69) is 27.1 Å². The van der Waals surface area contributed by atoms with Crippen LogP contribution in [0.25, 0.3) is 0 Å². The number of nitrogens with two attached hydrogens (primary N) is 1. The van der Waals surface area contributed by atoms with Gasteiger partial charge in [0, 0.05) is 37.7 Å². The normalized spacial score (nSPS) is 14.9. The van der Waals surface area contributed by atoms with E-state index in [1.807, 2.05) is 17.0 Å². The molecule has 2 amide bonds. The number of amides is 2. The number of H-pyrrole nitrogens is 1. The van der Waals surface area contributed by atoms with Gasteiger partial charge in [0.15, 0.2) is 0 Å². The molecule has 0 unspecified atom stereocenters. The third kappa shape index (κ3) is 8.16. The molecule has 38 heavy (non-hydrogen) atoms. The first-order valence-electron chi connectivity index (χ1n) is 12.6. The molecule has 0 radical (unpaired) electrons. The molecule has 1 atom stereocenters. The minimum atomic E-state index is -0.723. The van der Waals surface area contributed by atoms with E-state index in [1.165, 1.54) is 0 Å². The van der Waals surface area contributed by atoms with E-state index < -0.39 is 6.04 Å². The Hall–Kier alpha value is -2.67. The van der Waals surface area contributed by atoms with Crippen LogP contribution in [0.3, 0.4) is 0 Å². The SMILES string of the molecule is CC[I-]c1ncc(C[C@H](N)C(=O)Nc2cccc(C(=O)N3CCN(CCOc4ccc(Cl)cc4)CC3)c2)[nH]1. The number of ether oxygens (including phenoxy) is 1. The topological polar surface area (TPSA) is 117 Å². The Balaban J connectivity index is 1.23. The third-order valence-corrected chi connectivity index (χ3v) is 8.45. The number of aromatic amines is 1. The van der Waals surface area contributed by atoms with E-state index in [0.717, 1.165) is 39.3 Å². The number of halogens is 2. The van der Waals surface area contributed by atoms with Gasteiger partial charge in [-0.2, -0.15) is 0 Å². The molecule has 0 saturated carbocycles. The fourth-order valence-corrected chi connectivity index (χ4v) is 5.83. The molecule has 1 fully saturated rings. The fourth-order valence-electron chi connectivity index (χ4n) is 4.10. The van der Waals surface area contributed by atoms with Crippen LogP contribution >= 0.6 is 11.6 Å². The van der Waals surface area contributed by atoms with Gasteiger partial charge in [-0.3, -0.25) is 4.90 Å². The van der Waals surface area contributed by atoms with Crippen LogP contribution in [-0.2, 0) is 11.2 Å². The van der Waals surface area contributed by atoms with Crippen molar-refractivity contribution >= 4 is 29.1 Å². The molecular formula is C27H33ClIN6O3-. The average molecular weight is 652 g/mol. The Morgan fingerprint density at radius 2 is 1.95 bits per heavy atom. The van der Waals surface area contributed by atoms with Gasteiger partial charge in [0.1, 0.15) is 12.4 Å². The Kier molecular flexibility index (Phi) is 10.4. The molecule has 0 bridgehead atoms. The number of aromatic nitrogens is 2. The van der Waals surface area contributed by atoms with Gasteiger partial charge in [-0.05, 0) is 24.3 Å². The van der Waals surface area contributed by atoms with Crippen molar-refractivity contribution in [3.05, 3.63) is 74.8 Å². The summed E-state index contributed by atoms with van der Waals surface area (Å²) in [5.74, 6) is 0.441. The number of piperazine rings is 1. The number of hydrogen-bond donors (Lipinski definition) is 3. The number of anilines is 1. The van der Waals surface area contributed by atoms with Crippen molar-refractivity contribution in [1.82, 2.24) is 19.8 Å².